The van der Waals surface area contributed by atoms with Gasteiger partial charge in [-0.25, -0.2) is 9.78 Å². The minimum Gasteiger partial charge on any atom is -0.491 e. The zero-order valence-corrected chi connectivity index (χ0v) is 15.6. The number of rotatable bonds is 8. The minimum atomic E-state index is -1.03. The molecule has 0 aliphatic carbocycles. The van der Waals surface area contributed by atoms with Crippen LogP contribution in [0.2, 0.25) is 0 Å². The normalized spacial score (nSPS) is 16.8. The molecular weight excluding hydrogens is 374 g/mol. The summed E-state index contributed by atoms with van der Waals surface area (Å²) in [7, 11) is 0. The van der Waals surface area contributed by atoms with Crippen LogP contribution in [0.1, 0.15) is 23.3 Å². The first kappa shape index (κ1) is 18.5. The molecule has 1 fully saturated rings. The van der Waals surface area contributed by atoms with Crippen LogP contribution in [0.5, 0.6) is 5.75 Å². The maximum absolute atomic E-state index is 12.1. The molecule has 3 rings (SSSR count). The Balaban J connectivity index is 1.50. The zero-order valence-electron chi connectivity index (χ0n) is 14.0. The number of thiazole rings is 1. The molecule has 1 aromatic carbocycles. The van der Waals surface area contributed by atoms with Crippen LogP contribution in [0.4, 0.5) is 5.69 Å². The van der Waals surface area contributed by atoms with Gasteiger partial charge in [-0.3, -0.25) is 4.79 Å². The Bertz CT molecular complexity index is 796. The molecule has 1 saturated heterocycles. The monoisotopic (exact) mass is 393 g/mol. The highest BCUT2D eigenvalue weighted by atomic mass is 32.2. The number of carbonyl (C=O) groups excluding carboxylic acids is 1. The molecule has 2 heterocycles. The number of amides is 1. The first-order chi connectivity index (χ1) is 12.5. The van der Waals surface area contributed by atoms with E-state index in [1.807, 2.05) is 17.0 Å². The molecule has 1 aliphatic heterocycles. The topological polar surface area (TPSA) is 106 Å². The van der Waals surface area contributed by atoms with Crippen LogP contribution in [0.25, 0.3) is 0 Å². The van der Waals surface area contributed by atoms with E-state index < -0.39 is 5.97 Å². The van der Waals surface area contributed by atoms with Crippen molar-refractivity contribution in [2.75, 3.05) is 24.6 Å². The van der Waals surface area contributed by atoms with E-state index in [1.165, 1.54) is 28.5 Å². The maximum atomic E-state index is 12.1. The van der Waals surface area contributed by atoms with Crippen molar-refractivity contribution in [2.24, 2.45) is 0 Å². The second-order valence-corrected chi connectivity index (χ2v) is 8.02. The van der Waals surface area contributed by atoms with Gasteiger partial charge in [-0.2, -0.15) is 0 Å². The number of hydrogen-bond donors (Lipinski definition) is 2. The van der Waals surface area contributed by atoms with Crippen LogP contribution in [0.3, 0.4) is 0 Å². The summed E-state index contributed by atoms with van der Waals surface area (Å²) in [5, 5.41) is 10.4. The second kappa shape index (κ2) is 8.41. The molecule has 1 amide bonds. The number of nitrogen functional groups attached to an aromatic ring is 1. The third-order valence-electron chi connectivity index (χ3n) is 4.01. The second-order valence-electron chi connectivity index (χ2n) is 5.82. The average molecular weight is 393 g/mol. The molecule has 1 atom stereocenters. The predicted octanol–water partition coefficient (Wildman–Crippen LogP) is 2.59. The number of ether oxygens (including phenoxy) is 1. The molecule has 0 saturated carbocycles. The van der Waals surface area contributed by atoms with Gasteiger partial charge in [0.25, 0.3) is 0 Å². The first-order valence-electron chi connectivity index (χ1n) is 8.12. The molecule has 3 N–H and O–H groups in total. The number of likely N-dealkylation sites (tertiary alicyclic amines) is 1. The average Bonchev–Trinajstić information content (AvgIpc) is 3.21. The number of nitrogens with two attached hydrogens (primary N) is 1. The van der Waals surface area contributed by atoms with Crippen molar-refractivity contribution in [3.63, 3.8) is 0 Å². The maximum Gasteiger partial charge on any atom is 0.355 e. The third kappa shape index (κ3) is 4.67. The summed E-state index contributed by atoms with van der Waals surface area (Å²) in [6, 6.07) is 7.27. The Hall–Kier alpha value is -2.26. The standard InChI is InChI=1S/C17H19N3O4S2/c18-11-2-1-3-13(8-11)24-9-12-4-5-15(21)20(12)6-7-25-17-19-14(10-26-17)16(22)23/h1-3,8,10,12H,4-7,9,18H2,(H,22,23)/t12-/m1/s1. The van der Waals surface area contributed by atoms with Crippen molar-refractivity contribution in [1.82, 2.24) is 9.88 Å². The van der Waals surface area contributed by atoms with E-state index in [0.717, 1.165) is 6.42 Å². The molecule has 7 nitrogen and oxygen atoms in total. The summed E-state index contributed by atoms with van der Waals surface area (Å²) in [4.78, 5) is 28.9. The molecule has 1 aromatic heterocycles. The lowest BCUT2D eigenvalue weighted by atomic mass is 10.2. The van der Waals surface area contributed by atoms with Crippen molar-refractivity contribution in [3.05, 3.63) is 35.3 Å². The van der Waals surface area contributed by atoms with Crippen molar-refractivity contribution < 1.29 is 19.4 Å². The van der Waals surface area contributed by atoms with E-state index in [0.29, 0.717) is 41.1 Å². The molecule has 0 spiro atoms. The van der Waals surface area contributed by atoms with Gasteiger partial charge >= 0.3 is 5.97 Å². The quantitative estimate of drug-likeness (QED) is 0.524. The van der Waals surface area contributed by atoms with E-state index in [4.69, 9.17) is 15.6 Å². The molecule has 0 bridgehead atoms. The van der Waals surface area contributed by atoms with Crippen LogP contribution in [-0.2, 0) is 4.79 Å². The number of nitrogens with zero attached hydrogens (tertiary/aromatic N) is 2. The van der Waals surface area contributed by atoms with Gasteiger partial charge in [0.15, 0.2) is 10.0 Å². The third-order valence-corrected chi connectivity index (χ3v) is 6.01. The molecule has 138 valence electrons. The van der Waals surface area contributed by atoms with E-state index in [-0.39, 0.29) is 17.6 Å². The van der Waals surface area contributed by atoms with Gasteiger partial charge in [-0.1, -0.05) is 17.8 Å². The summed E-state index contributed by atoms with van der Waals surface area (Å²) < 4.78 is 6.48. The summed E-state index contributed by atoms with van der Waals surface area (Å²) in [5.74, 6) is 0.453. The summed E-state index contributed by atoms with van der Waals surface area (Å²) in [5.41, 5.74) is 6.44. The Morgan fingerprint density at radius 2 is 2.35 bits per heavy atom. The summed E-state index contributed by atoms with van der Waals surface area (Å²) in [6.07, 6.45) is 1.29. The number of carboxylic acids is 1. The molecule has 0 unspecified atom stereocenters. The van der Waals surface area contributed by atoms with Gasteiger partial charge in [-0.05, 0) is 18.6 Å². The molecular formula is C17H19N3O4S2. The van der Waals surface area contributed by atoms with E-state index >= 15 is 0 Å². The van der Waals surface area contributed by atoms with Crippen molar-refractivity contribution in [1.29, 1.82) is 0 Å². The lowest BCUT2D eigenvalue weighted by Gasteiger charge is -2.24. The lowest BCUT2D eigenvalue weighted by molar-refractivity contribution is -0.129. The number of benzene rings is 1. The van der Waals surface area contributed by atoms with Crippen LogP contribution in [0.15, 0.2) is 34.0 Å². The van der Waals surface area contributed by atoms with Crippen LogP contribution >= 0.6 is 23.1 Å². The number of aromatic carboxylic acids is 1. The van der Waals surface area contributed by atoms with Gasteiger partial charge in [-0.15, -0.1) is 11.3 Å². The predicted molar refractivity (Wildman–Crippen MR) is 101 cm³/mol. The van der Waals surface area contributed by atoms with Crippen LogP contribution in [-0.4, -0.2) is 51.8 Å². The molecule has 2 aromatic rings. The van der Waals surface area contributed by atoms with E-state index in [2.05, 4.69) is 4.98 Å². The van der Waals surface area contributed by atoms with E-state index in [1.54, 1.807) is 12.1 Å². The van der Waals surface area contributed by atoms with Gasteiger partial charge in [0.2, 0.25) is 5.91 Å². The fourth-order valence-corrected chi connectivity index (χ4v) is 4.53. The number of carboxylic acid groups (broad SMARTS) is 1. The molecule has 0 radical (unpaired) electrons. The Kier molecular flexibility index (Phi) is 6.00. The summed E-state index contributed by atoms with van der Waals surface area (Å²) in [6.45, 7) is 1.01. The molecule has 9 heteroatoms. The molecule has 26 heavy (non-hydrogen) atoms. The Morgan fingerprint density at radius 3 is 3.08 bits per heavy atom. The Morgan fingerprint density at radius 1 is 1.50 bits per heavy atom. The van der Waals surface area contributed by atoms with E-state index in [9.17, 15) is 9.59 Å². The van der Waals surface area contributed by atoms with Crippen molar-refractivity contribution in [2.45, 2.75) is 23.2 Å². The van der Waals surface area contributed by atoms with Gasteiger partial charge in [0.1, 0.15) is 12.4 Å². The van der Waals surface area contributed by atoms with Gasteiger partial charge < -0.3 is 20.5 Å². The number of thioether (sulfide) groups is 1. The highest BCUT2D eigenvalue weighted by Gasteiger charge is 2.31. The van der Waals surface area contributed by atoms with Crippen LogP contribution in [0, 0.1) is 0 Å². The van der Waals surface area contributed by atoms with Gasteiger partial charge in [0, 0.05) is 35.9 Å². The number of hydrogen-bond acceptors (Lipinski definition) is 7. The largest absolute Gasteiger partial charge is 0.491 e. The summed E-state index contributed by atoms with van der Waals surface area (Å²) >= 11 is 2.76. The molecule has 1 aliphatic rings. The first-order valence-corrected chi connectivity index (χ1v) is 9.99. The van der Waals surface area contributed by atoms with Crippen molar-refractivity contribution in [3.8, 4) is 5.75 Å². The highest BCUT2D eigenvalue weighted by Crippen LogP contribution is 2.25. The SMILES string of the molecule is Nc1cccc(OC[C@H]2CCC(=O)N2CCSc2nc(C(=O)O)cs2)c1. The van der Waals surface area contributed by atoms with Crippen molar-refractivity contribution >= 4 is 40.7 Å². The van der Waals surface area contributed by atoms with Crippen LogP contribution < -0.4 is 10.5 Å². The number of anilines is 1. The lowest BCUT2D eigenvalue weighted by Crippen LogP contribution is -2.38. The minimum absolute atomic E-state index is 0.0374. The number of carbonyl (C=O) groups is 2. The fourth-order valence-electron chi connectivity index (χ4n) is 2.72. The smallest absolute Gasteiger partial charge is 0.355 e. The fraction of sp³-hybridized carbons (Fsp3) is 0.353. The zero-order chi connectivity index (χ0) is 18.5. The van der Waals surface area contributed by atoms with Gasteiger partial charge in [0.05, 0.1) is 6.04 Å². The highest BCUT2D eigenvalue weighted by molar-refractivity contribution is 8.01. The Labute approximate surface area is 159 Å². The number of aromatic nitrogens is 1.